The summed E-state index contributed by atoms with van der Waals surface area (Å²) in [6, 6.07) is 10.0. The minimum absolute atomic E-state index is 1.17. The Bertz CT molecular complexity index is 311. The second kappa shape index (κ2) is 9.31. The second-order valence-electron chi connectivity index (χ2n) is 2.47. The minimum Gasteiger partial charge on any atom is -0.126 e. The molecule has 0 unspecified atom stereocenters. The summed E-state index contributed by atoms with van der Waals surface area (Å²) in [7, 11) is 0. The molecule has 0 heteroatoms. The van der Waals surface area contributed by atoms with E-state index in [1.807, 2.05) is 49.4 Å². The first-order chi connectivity index (χ1) is 6.85. The van der Waals surface area contributed by atoms with Gasteiger partial charge in [-0.2, -0.15) is 0 Å². The smallest absolute Gasteiger partial charge is 0.0209 e. The summed E-state index contributed by atoms with van der Waals surface area (Å²) in [5.41, 5.74) is 4.00. The normalized spacial score (nSPS) is 7.21. The highest BCUT2D eigenvalue weighted by Gasteiger charge is 1.75. The lowest BCUT2D eigenvalue weighted by Gasteiger charge is -1.85. The molecular formula is C14H16. The molecule has 1 aromatic carbocycles. The van der Waals surface area contributed by atoms with Gasteiger partial charge in [0, 0.05) is 0 Å². The summed E-state index contributed by atoms with van der Waals surface area (Å²) in [4.78, 5) is 0. The van der Waals surface area contributed by atoms with Gasteiger partial charge in [0.25, 0.3) is 0 Å². The van der Waals surface area contributed by atoms with Crippen molar-refractivity contribution >= 4 is 6.08 Å². The molecule has 72 valence electrons. The van der Waals surface area contributed by atoms with Gasteiger partial charge >= 0.3 is 0 Å². The van der Waals surface area contributed by atoms with E-state index < -0.39 is 0 Å². The van der Waals surface area contributed by atoms with E-state index in [1.165, 1.54) is 5.56 Å². The molecule has 0 spiro atoms. The summed E-state index contributed by atoms with van der Waals surface area (Å²) >= 11 is 0. The summed E-state index contributed by atoms with van der Waals surface area (Å²) in [6.07, 6.45) is 7.13. The van der Waals surface area contributed by atoms with E-state index in [0.717, 1.165) is 0 Å². The fraction of sp³-hybridized carbons (Fsp3) is 0.0714. The molecule has 0 N–H and O–H groups in total. The van der Waals surface area contributed by atoms with Gasteiger partial charge in [-0.1, -0.05) is 55.6 Å². The first-order valence-electron chi connectivity index (χ1n) is 4.50. The van der Waals surface area contributed by atoms with Crippen LogP contribution in [0.15, 0.2) is 67.4 Å². The number of allylic oxidation sites excluding steroid dienone is 2. The van der Waals surface area contributed by atoms with E-state index >= 15 is 0 Å². The predicted molar refractivity (Wildman–Crippen MR) is 65.1 cm³/mol. The molecule has 0 radical (unpaired) electrons. The van der Waals surface area contributed by atoms with Crippen molar-refractivity contribution in [3.8, 4) is 0 Å². The zero-order chi connectivity index (χ0) is 10.6. The average molecular weight is 184 g/mol. The summed E-state index contributed by atoms with van der Waals surface area (Å²) < 4.78 is 0. The Balaban J connectivity index is 0.000000255. The quantitative estimate of drug-likeness (QED) is 0.476. The third-order valence-electron chi connectivity index (χ3n) is 1.42. The number of benzene rings is 1. The number of rotatable bonds is 2. The minimum atomic E-state index is 1.17. The summed E-state index contributed by atoms with van der Waals surface area (Å²) in [5, 5.41) is 0. The molecule has 1 aromatic rings. The molecule has 0 atom stereocenters. The van der Waals surface area contributed by atoms with Gasteiger partial charge in [0.1, 0.15) is 0 Å². The van der Waals surface area contributed by atoms with Crippen molar-refractivity contribution in [2.75, 3.05) is 0 Å². The Morgan fingerprint density at radius 3 is 2.07 bits per heavy atom. The van der Waals surface area contributed by atoms with Crippen molar-refractivity contribution in [1.29, 1.82) is 0 Å². The molecule has 0 aliphatic carbocycles. The Morgan fingerprint density at radius 1 is 1.14 bits per heavy atom. The van der Waals surface area contributed by atoms with Crippen LogP contribution in [0.2, 0.25) is 0 Å². The van der Waals surface area contributed by atoms with Crippen molar-refractivity contribution in [3.05, 3.63) is 73.0 Å². The van der Waals surface area contributed by atoms with Crippen LogP contribution < -0.4 is 0 Å². The van der Waals surface area contributed by atoms with Crippen LogP contribution in [0, 0.1) is 0 Å². The zero-order valence-corrected chi connectivity index (χ0v) is 8.61. The molecular weight excluding hydrogens is 168 g/mol. The second-order valence-corrected chi connectivity index (χ2v) is 2.47. The topological polar surface area (TPSA) is 0 Å². The first-order valence-corrected chi connectivity index (χ1v) is 4.50. The third-order valence-corrected chi connectivity index (χ3v) is 1.42. The van der Waals surface area contributed by atoms with Crippen LogP contribution in [0.5, 0.6) is 0 Å². The van der Waals surface area contributed by atoms with Crippen molar-refractivity contribution in [2.24, 2.45) is 0 Å². The highest BCUT2D eigenvalue weighted by Crippen LogP contribution is 1.97. The van der Waals surface area contributed by atoms with E-state index in [0.29, 0.717) is 0 Å². The van der Waals surface area contributed by atoms with Crippen LogP contribution in [0.1, 0.15) is 12.5 Å². The number of hydrogen-bond acceptors (Lipinski definition) is 0. The van der Waals surface area contributed by atoms with Crippen LogP contribution in [0.25, 0.3) is 6.08 Å². The molecule has 0 saturated heterocycles. The van der Waals surface area contributed by atoms with Gasteiger partial charge < -0.3 is 0 Å². The third kappa shape index (κ3) is 6.90. The van der Waals surface area contributed by atoms with E-state index in [2.05, 4.69) is 18.9 Å². The SMILES string of the molecule is C=CC=C=CC.C=Cc1ccccc1. The molecule has 14 heavy (non-hydrogen) atoms. The highest BCUT2D eigenvalue weighted by molar-refractivity contribution is 5.45. The molecule has 0 saturated carbocycles. The van der Waals surface area contributed by atoms with Crippen molar-refractivity contribution in [3.63, 3.8) is 0 Å². The van der Waals surface area contributed by atoms with Gasteiger partial charge in [0.2, 0.25) is 0 Å². The maximum absolute atomic E-state index is 3.63. The van der Waals surface area contributed by atoms with Crippen LogP contribution >= 0.6 is 0 Å². The molecule has 0 heterocycles. The van der Waals surface area contributed by atoms with E-state index in [9.17, 15) is 0 Å². The average Bonchev–Trinajstić information content (AvgIpc) is 2.28. The van der Waals surface area contributed by atoms with Gasteiger partial charge in [-0.15, -0.1) is 5.73 Å². The first kappa shape index (κ1) is 12.2. The lowest BCUT2D eigenvalue weighted by atomic mass is 10.2. The van der Waals surface area contributed by atoms with Crippen LogP contribution in [-0.4, -0.2) is 0 Å². The Hall–Kier alpha value is -1.78. The van der Waals surface area contributed by atoms with E-state index in [1.54, 1.807) is 12.2 Å². The maximum atomic E-state index is 3.63. The zero-order valence-electron chi connectivity index (χ0n) is 8.61. The molecule has 0 bridgehead atoms. The molecule has 0 fully saturated rings. The maximum Gasteiger partial charge on any atom is -0.0209 e. The molecule has 0 amide bonds. The standard InChI is InChI=1S/C8H8.C6H8/c1-2-8-6-4-3-5-7-8;1-3-5-6-4-2/h2-7H,1H2;3-5H,1H2,2H3. The van der Waals surface area contributed by atoms with Crippen LogP contribution in [0.4, 0.5) is 0 Å². The fourth-order valence-electron chi connectivity index (χ4n) is 0.753. The van der Waals surface area contributed by atoms with Gasteiger partial charge in [0.15, 0.2) is 0 Å². The Labute approximate surface area is 86.6 Å². The molecule has 0 aliphatic heterocycles. The monoisotopic (exact) mass is 184 g/mol. The lowest BCUT2D eigenvalue weighted by molar-refractivity contribution is 1.67. The largest absolute Gasteiger partial charge is 0.126 e. The highest BCUT2D eigenvalue weighted by atomic mass is 13.8. The van der Waals surface area contributed by atoms with Crippen molar-refractivity contribution in [1.82, 2.24) is 0 Å². The van der Waals surface area contributed by atoms with Gasteiger partial charge in [-0.3, -0.25) is 0 Å². The molecule has 0 aliphatic rings. The van der Waals surface area contributed by atoms with Gasteiger partial charge in [-0.05, 0) is 24.6 Å². The summed E-state index contributed by atoms with van der Waals surface area (Å²) in [6.45, 7) is 9.01. The number of hydrogen-bond donors (Lipinski definition) is 0. The summed E-state index contributed by atoms with van der Waals surface area (Å²) in [5.74, 6) is 0. The molecule has 0 nitrogen and oxygen atoms in total. The fourth-order valence-corrected chi connectivity index (χ4v) is 0.753. The van der Waals surface area contributed by atoms with Crippen molar-refractivity contribution in [2.45, 2.75) is 6.92 Å². The van der Waals surface area contributed by atoms with E-state index in [4.69, 9.17) is 0 Å². The molecule has 1 rings (SSSR count). The van der Waals surface area contributed by atoms with Crippen molar-refractivity contribution < 1.29 is 0 Å². The molecule has 0 aromatic heterocycles. The van der Waals surface area contributed by atoms with Crippen LogP contribution in [0.3, 0.4) is 0 Å². The van der Waals surface area contributed by atoms with Gasteiger partial charge in [0.05, 0.1) is 0 Å². The van der Waals surface area contributed by atoms with Gasteiger partial charge in [-0.25, -0.2) is 0 Å². The predicted octanol–water partition coefficient (Wildman–Crippen LogP) is 4.23. The van der Waals surface area contributed by atoms with Crippen LogP contribution in [-0.2, 0) is 0 Å². The Kier molecular flexibility index (Phi) is 8.13. The Morgan fingerprint density at radius 2 is 1.79 bits per heavy atom. The van der Waals surface area contributed by atoms with E-state index in [-0.39, 0.29) is 0 Å². The lowest BCUT2D eigenvalue weighted by Crippen LogP contribution is -1.63.